The van der Waals surface area contributed by atoms with Gasteiger partial charge in [-0.15, -0.1) is 0 Å². The molecule has 1 aliphatic rings. The maximum Gasteiger partial charge on any atom is 0.405 e. The van der Waals surface area contributed by atoms with E-state index in [1.165, 1.54) is 4.90 Å². The molecule has 2 aromatic heterocycles. The largest absolute Gasteiger partial charge is 0.405 e. The molecule has 0 atom stereocenters. The van der Waals surface area contributed by atoms with Gasteiger partial charge in [-0.1, -0.05) is 0 Å². The van der Waals surface area contributed by atoms with Crippen molar-refractivity contribution >= 4 is 22.9 Å². The van der Waals surface area contributed by atoms with Crippen LogP contribution < -0.4 is 15.9 Å². The summed E-state index contributed by atoms with van der Waals surface area (Å²) in [6, 6.07) is 1.01. The Kier molecular flexibility index (Phi) is 4.08. The van der Waals surface area contributed by atoms with Crippen LogP contribution in [0, 0.1) is 0 Å². The fraction of sp³-hybridized carbons (Fsp3) is 0.462. The fourth-order valence-electron chi connectivity index (χ4n) is 2.62. The third kappa shape index (κ3) is 3.44. The van der Waals surface area contributed by atoms with Crippen LogP contribution in [0.4, 0.5) is 23.7 Å². The number of nitrogens with zero attached hydrogens (tertiary/aromatic N) is 3. The van der Waals surface area contributed by atoms with Crippen LogP contribution in [-0.4, -0.2) is 64.8 Å². The van der Waals surface area contributed by atoms with Crippen molar-refractivity contribution < 1.29 is 18.0 Å². The zero-order valence-corrected chi connectivity index (χ0v) is 12.5. The molecule has 0 spiro atoms. The number of carbonyl (C=O) groups excluding carboxylic acids is 1. The van der Waals surface area contributed by atoms with Crippen LogP contribution in [0.25, 0.3) is 11.2 Å². The van der Waals surface area contributed by atoms with Crippen LogP contribution in [0.15, 0.2) is 17.1 Å². The maximum absolute atomic E-state index is 12.1. The number of hydrogen-bond donors (Lipinski definition) is 3. The lowest BCUT2D eigenvalue weighted by molar-refractivity contribution is -0.123. The molecule has 3 N–H and O–H groups in total. The Morgan fingerprint density at radius 2 is 1.96 bits per heavy atom. The summed E-state index contributed by atoms with van der Waals surface area (Å²) >= 11 is 0. The zero-order chi connectivity index (χ0) is 17.3. The number of halogens is 3. The molecule has 24 heavy (non-hydrogen) atoms. The van der Waals surface area contributed by atoms with Gasteiger partial charge in [0.15, 0.2) is 5.65 Å². The van der Waals surface area contributed by atoms with Crippen molar-refractivity contribution in [2.45, 2.75) is 6.18 Å². The summed E-state index contributed by atoms with van der Waals surface area (Å²) in [6.45, 7) is 0.0868. The van der Waals surface area contributed by atoms with E-state index >= 15 is 0 Å². The van der Waals surface area contributed by atoms with E-state index in [-0.39, 0.29) is 18.8 Å². The van der Waals surface area contributed by atoms with E-state index in [2.05, 4.69) is 15.0 Å². The van der Waals surface area contributed by atoms with Gasteiger partial charge in [-0.05, 0) is 6.07 Å². The molecule has 2 aromatic rings. The van der Waals surface area contributed by atoms with E-state index in [1.54, 1.807) is 12.3 Å². The minimum Gasteiger partial charge on any atom is -0.366 e. The highest BCUT2D eigenvalue weighted by Crippen LogP contribution is 2.22. The van der Waals surface area contributed by atoms with Crippen molar-refractivity contribution in [2.24, 2.45) is 0 Å². The number of aromatic amines is 2. The van der Waals surface area contributed by atoms with E-state index in [4.69, 9.17) is 0 Å². The molecular weight excluding hydrogens is 329 g/mol. The first kappa shape index (κ1) is 16.1. The third-order valence-corrected chi connectivity index (χ3v) is 3.75. The van der Waals surface area contributed by atoms with E-state index < -0.39 is 18.8 Å². The van der Waals surface area contributed by atoms with Crippen molar-refractivity contribution in [3.63, 3.8) is 0 Å². The number of amides is 2. The summed E-state index contributed by atoms with van der Waals surface area (Å²) in [5, 5.41) is 1.86. The summed E-state index contributed by atoms with van der Waals surface area (Å²) in [5.41, 5.74) is 1.39. The van der Waals surface area contributed by atoms with Gasteiger partial charge in [0.1, 0.15) is 12.1 Å². The van der Waals surface area contributed by atoms with Gasteiger partial charge in [0.05, 0.1) is 5.69 Å². The first-order valence-corrected chi connectivity index (χ1v) is 7.25. The molecule has 2 amide bonds. The first-order chi connectivity index (χ1) is 11.3. The SMILES string of the molecule is O=C(NCC(F)(F)F)N1CCN(c2ccnc3[nH]c(=O)[nH]c23)CC1. The average Bonchev–Trinajstić information content (AvgIpc) is 2.92. The molecular formula is C13H15F3N6O2. The number of rotatable bonds is 2. The highest BCUT2D eigenvalue weighted by molar-refractivity contribution is 5.85. The number of carbonyl (C=O) groups is 1. The number of fused-ring (bicyclic) bond motifs is 1. The summed E-state index contributed by atoms with van der Waals surface area (Å²) < 4.78 is 36.4. The lowest BCUT2D eigenvalue weighted by Crippen LogP contribution is -2.53. The molecule has 0 aliphatic carbocycles. The van der Waals surface area contributed by atoms with Gasteiger partial charge in [0.25, 0.3) is 0 Å². The molecule has 1 saturated heterocycles. The van der Waals surface area contributed by atoms with Crippen molar-refractivity contribution in [1.82, 2.24) is 25.2 Å². The molecule has 130 valence electrons. The van der Waals surface area contributed by atoms with Crippen molar-refractivity contribution in [3.8, 4) is 0 Å². The molecule has 11 heteroatoms. The number of alkyl halides is 3. The number of urea groups is 1. The van der Waals surface area contributed by atoms with Gasteiger partial charge >= 0.3 is 17.9 Å². The van der Waals surface area contributed by atoms with Crippen LogP contribution in [0.2, 0.25) is 0 Å². The van der Waals surface area contributed by atoms with Crippen molar-refractivity contribution in [1.29, 1.82) is 0 Å². The highest BCUT2D eigenvalue weighted by atomic mass is 19.4. The Bertz CT molecular complexity index is 791. The van der Waals surface area contributed by atoms with Crippen LogP contribution >= 0.6 is 0 Å². The molecule has 1 aliphatic heterocycles. The molecule has 8 nitrogen and oxygen atoms in total. The Morgan fingerprint density at radius 3 is 2.62 bits per heavy atom. The van der Waals surface area contributed by atoms with E-state index in [0.29, 0.717) is 24.3 Å². The summed E-state index contributed by atoms with van der Waals surface area (Å²) in [5.74, 6) is 0. The lowest BCUT2D eigenvalue weighted by atomic mass is 10.2. The maximum atomic E-state index is 12.1. The number of pyridine rings is 1. The fourth-order valence-corrected chi connectivity index (χ4v) is 2.62. The van der Waals surface area contributed by atoms with Crippen LogP contribution in [0.3, 0.4) is 0 Å². The second kappa shape index (κ2) is 6.06. The second-order valence-electron chi connectivity index (χ2n) is 5.38. The minimum atomic E-state index is -4.43. The van der Waals surface area contributed by atoms with Gasteiger partial charge in [-0.3, -0.25) is 4.98 Å². The van der Waals surface area contributed by atoms with Gasteiger partial charge in [-0.2, -0.15) is 13.2 Å². The van der Waals surface area contributed by atoms with Crippen molar-refractivity contribution in [3.05, 3.63) is 22.7 Å². The zero-order valence-electron chi connectivity index (χ0n) is 12.5. The molecule has 3 heterocycles. The number of imidazole rings is 1. The molecule has 0 saturated carbocycles. The van der Waals surface area contributed by atoms with Gasteiger partial charge in [0, 0.05) is 32.4 Å². The van der Waals surface area contributed by atoms with Crippen molar-refractivity contribution in [2.75, 3.05) is 37.6 Å². The van der Waals surface area contributed by atoms with Crippen LogP contribution in [0.5, 0.6) is 0 Å². The average molecular weight is 344 g/mol. The molecule has 0 aromatic carbocycles. The Hall–Kier alpha value is -2.72. The van der Waals surface area contributed by atoms with Gasteiger partial charge in [0.2, 0.25) is 0 Å². The molecule has 0 radical (unpaired) electrons. The highest BCUT2D eigenvalue weighted by Gasteiger charge is 2.30. The summed E-state index contributed by atoms with van der Waals surface area (Å²) in [7, 11) is 0. The Balaban J connectivity index is 1.64. The number of anilines is 1. The van der Waals surface area contributed by atoms with E-state index in [0.717, 1.165) is 5.69 Å². The summed E-state index contributed by atoms with van der Waals surface area (Å²) in [6.07, 6.45) is -2.87. The Morgan fingerprint density at radius 1 is 1.25 bits per heavy atom. The lowest BCUT2D eigenvalue weighted by Gasteiger charge is -2.36. The number of aromatic nitrogens is 3. The smallest absolute Gasteiger partial charge is 0.366 e. The predicted molar refractivity (Wildman–Crippen MR) is 80.0 cm³/mol. The molecule has 0 bridgehead atoms. The van der Waals surface area contributed by atoms with E-state index in [1.807, 2.05) is 10.2 Å². The van der Waals surface area contributed by atoms with Crippen LogP contribution in [0.1, 0.15) is 0 Å². The number of H-pyrrole nitrogens is 2. The standard InChI is InChI=1S/C13H15F3N6O2/c14-13(15,16)7-18-12(24)22-5-3-21(4-6-22)8-1-2-17-10-9(8)19-11(23)20-10/h1-2H,3-7H2,(H,18,24)(H2,17,19,20,23). The second-order valence-corrected chi connectivity index (χ2v) is 5.38. The van der Waals surface area contributed by atoms with Crippen LogP contribution in [-0.2, 0) is 0 Å². The number of nitrogens with one attached hydrogen (secondary N) is 3. The monoisotopic (exact) mass is 344 g/mol. The summed E-state index contributed by atoms with van der Waals surface area (Å²) in [4.78, 5) is 35.7. The third-order valence-electron chi connectivity index (χ3n) is 3.75. The molecule has 1 fully saturated rings. The number of piperazine rings is 1. The predicted octanol–water partition coefficient (Wildman–Crippen LogP) is 0.645. The van der Waals surface area contributed by atoms with Gasteiger partial charge in [-0.25, -0.2) is 14.6 Å². The van der Waals surface area contributed by atoms with E-state index in [9.17, 15) is 22.8 Å². The number of hydrogen-bond acceptors (Lipinski definition) is 4. The first-order valence-electron chi connectivity index (χ1n) is 7.25. The topological polar surface area (TPSA) is 97.1 Å². The Labute approximate surface area is 133 Å². The molecule has 3 rings (SSSR count). The normalized spacial score (nSPS) is 15.8. The van der Waals surface area contributed by atoms with Gasteiger partial charge < -0.3 is 20.1 Å². The molecule has 0 unspecified atom stereocenters. The quantitative estimate of drug-likeness (QED) is 0.745. The minimum absolute atomic E-state index is 0.280.